The third-order valence-corrected chi connectivity index (χ3v) is 2.94. The van der Waals surface area contributed by atoms with E-state index >= 15 is 0 Å². The van der Waals surface area contributed by atoms with Crippen LogP contribution in [-0.4, -0.2) is 17.3 Å². The van der Waals surface area contributed by atoms with E-state index in [9.17, 15) is 4.79 Å². The number of hydrogen-bond donors (Lipinski definition) is 1. The first kappa shape index (κ1) is 11.5. The molecule has 4 nitrogen and oxygen atoms in total. The van der Waals surface area contributed by atoms with E-state index in [-0.39, 0.29) is 5.91 Å². The van der Waals surface area contributed by atoms with Crippen LogP contribution >= 0.6 is 0 Å². The van der Waals surface area contributed by atoms with Crippen LogP contribution < -0.4 is 5.43 Å². The molecule has 2 aromatic carbocycles. The third-order valence-electron chi connectivity index (χ3n) is 2.94. The summed E-state index contributed by atoms with van der Waals surface area (Å²) in [5.74, 6) is -0.0740. The van der Waals surface area contributed by atoms with Crippen LogP contribution in [0.1, 0.15) is 11.6 Å². The van der Waals surface area contributed by atoms with Crippen molar-refractivity contribution in [2.45, 2.75) is 6.04 Å². The molecule has 4 heteroatoms. The van der Waals surface area contributed by atoms with Crippen molar-refractivity contribution in [3.8, 4) is 0 Å². The van der Waals surface area contributed by atoms with E-state index < -0.39 is 6.04 Å². The first-order valence-electron chi connectivity index (χ1n) is 6.07. The fourth-order valence-corrected chi connectivity index (χ4v) is 1.99. The molecule has 1 unspecified atom stereocenters. The van der Waals surface area contributed by atoms with Crippen molar-refractivity contribution < 1.29 is 4.79 Å². The summed E-state index contributed by atoms with van der Waals surface area (Å²) in [6.45, 7) is 0. The Morgan fingerprint density at radius 1 is 0.947 bits per heavy atom. The van der Waals surface area contributed by atoms with Crippen molar-refractivity contribution in [1.82, 2.24) is 5.01 Å². The molecule has 1 N–H and O–H groups in total. The lowest BCUT2D eigenvalue weighted by atomic mass is 10.1. The highest BCUT2D eigenvalue weighted by Crippen LogP contribution is 2.23. The second kappa shape index (κ2) is 4.94. The maximum absolute atomic E-state index is 12.2. The van der Waals surface area contributed by atoms with Crippen LogP contribution in [0.25, 0.3) is 0 Å². The predicted molar refractivity (Wildman–Crippen MR) is 74.6 cm³/mol. The summed E-state index contributed by atoms with van der Waals surface area (Å²) in [5, 5.41) is 1.42. The number of nitrogens with zero attached hydrogens (tertiary/aromatic N) is 2. The van der Waals surface area contributed by atoms with Gasteiger partial charge in [-0.05, 0) is 17.7 Å². The summed E-state index contributed by atoms with van der Waals surface area (Å²) < 4.78 is 0. The average Bonchev–Trinajstić information content (AvgIpc) is 2.82. The Hall–Kier alpha value is -2.62. The molecule has 1 atom stereocenters. The second-order valence-electron chi connectivity index (χ2n) is 4.26. The fraction of sp³-hybridized carbons (Fsp3) is 0.0667. The van der Waals surface area contributed by atoms with Crippen LogP contribution in [0.3, 0.4) is 0 Å². The average molecular weight is 251 g/mol. The highest BCUT2D eigenvalue weighted by molar-refractivity contribution is 5.98. The minimum absolute atomic E-state index is 0.0740. The van der Waals surface area contributed by atoms with Gasteiger partial charge in [0, 0.05) is 0 Å². The number of benzene rings is 2. The van der Waals surface area contributed by atoms with Crippen molar-refractivity contribution >= 4 is 17.9 Å². The molecule has 0 saturated heterocycles. The number of para-hydroxylation sites is 1. The van der Waals surface area contributed by atoms with Crippen molar-refractivity contribution in [3.63, 3.8) is 0 Å². The maximum Gasteiger partial charge on any atom is 0.275 e. The van der Waals surface area contributed by atoms with Crippen LogP contribution in [0, 0.1) is 0 Å². The van der Waals surface area contributed by atoms with E-state index in [1.54, 1.807) is 0 Å². The Labute approximate surface area is 111 Å². The van der Waals surface area contributed by atoms with Gasteiger partial charge in [0.2, 0.25) is 0 Å². The number of amides is 1. The number of rotatable bonds is 3. The molecular weight excluding hydrogens is 238 g/mol. The van der Waals surface area contributed by atoms with Gasteiger partial charge in [-0.1, -0.05) is 48.5 Å². The first-order chi connectivity index (χ1) is 9.34. The highest BCUT2D eigenvalue weighted by atomic mass is 16.2. The number of nitrogens with one attached hydrogen (secondary N) is 1. The zero-order valence-corrected chi connectivity index (χ0v) is 10.2. The van der Waals surface area contributed by atoms with Crippen LogP contribution in [0.4, 0.5) is 5.69 Å². The van der Waals surface area contributed by atoms with Gasteiger partial charge < -0.3 is 0 Å². The first-order valence-corrected chi connectivity index (χ1v) is 6.07. The van der Waals surface area contributed by atoms with Gasteiger partial charge in [0.05, 0.1) is 5.69 Å². The summed E-state index contributed by atoms with van der Waals surface area (Å²) in [4.78, 5) is 16.5. The molecule has 0 bridgehead atoms. The Balaban J connectivity index is 1.75. The molecular formula is C15H13N3O. The number of hydrogen-bond acceptors (Lipinski definition) is 3. The Morgan fingerprint density at radius 3 is 2.26 bits per heavy atom. The summed E-state index contributed by atoms with van der Waals surface area (Å²) in [6.07, 6.45) is 1.53. The molecule has 1 aliphatic heterocycles. The summed E-state index contributed by atoms with van der Waals surface area (Å²) in [7, 11) is 0. The van der Waals surface area contributed by atoms with E-state index in [0.717, 1.165) is 11.3 Å². The SMILES string of the molecule is O=C1C(c2ccccc2)N=CN1Nc1ccccc1. The number of hydrazine groups is 1. The van der Waals surface area contributed by atoms with Gasteiger partial charge >= 0.3 is 0 Å². The van der Waals surface area contributed by atoms with Crippen molar-refractivity contribution in [2.75, 3.05) is 5.43 Å². The molecule has 0 aliphatic carbocycles. The number of carbonyl (C=O) groups is 1. The van der Waals surface area contributed by atoms with E-state index in [1.807, 2.05) is 60.7 Å². The highest BCUT2D eigenvalue weighted by Gasteiger charge is 2.29. The van der Waals surface area contributed by atoms with Gasteiger partial charge in [0.25, 0.3) is 5.91 Å². The fourth-order valence-electron chi connectivity index (χ4n) is 1.99. The zero-order chi connectivity index (χ0) is 13.1. The molecule has 94 valence electrons. The summed E-state index contributed by atoms with van der Waals surface area (Å²) >= 11 is 0. The van der Waals surface area contributed by atoms with Crippen LogP contribution in [0.15, 0.2) is 65.7 Å². The number of aliphatic imine (C=N–C) groups is 1. The maximum atomic E-state index is 12.2. The zero-order valence-electron chi connectivity index (χ0n) is 10.2. The molecule has 19 heavy (non-hydrogen) atoms. The van der Waals surface area contributed by atoms with Gasteiger partial charge in [-0.3, -0.25) is 15.2 Å². The summed E-state index contributed by atoms with van der Waals surface area (Å²) in [5.41, 5.74) is 4.79. The van der Waals surface area contributed by atoms with E-state index in [0.29, 0.717) is 0 Å². The van der Waals surface area contributed by atoms with Gasteiger partial charge in [-0.25, -0.2) is 5.01 Å². The molecule has 0 aromatic heterocycles. The largest absolute Gasteiger partial charge is 0.290 e. The lowest BCUT2D eigenvalue weighted by Crippen LogP contribution is -2.33. The van der Waals surface area contributed by atoms with Gasteiger partial charge in [-0.2, -0.15) is 0 Å². The van der Waals surface area contributed by atoms with Crippen molar-refractivity contribution in [2.24, 2.45) is 4.99 Å². The summed E-state index contributed by atoms with van der Waals surface area (Å²) in [6, 6.07) is 18.7. The third kappa shape index (κ3) is 2.33. The molecule has 0 fully saturated rings. The topological polar surface area (TPSA) is 44.7 Å². The quantitative estimate of drug-likeness (QED) is 0.911. The predicted octanol–water partition coefficient (Wildman–Crippen LogP) is 2.63. The monoisotopic (exact) mass is 251 g/mol. The van der Waals surface area contributed by atoms with E-state index in [2.05, 4.69) is 10.4 Å². The molecule has 1 heterocycles. The molecule has 1 aliphatic rings. The van der Waals surface area contributed by atoms with Gasteiger partial charge in [-0.15, -0.1) is 0 Å². The van der Waals surface area contributed by atoms with Crippen molar-refractivity contribution in [3.05, 3.63) is 66.2 Å². The van der Waals surface area contributed by atoms with E-state index in [4.69, 9.17) is 0 Å². The molecule has 2 aromatic rings. The Morgan fingerprint density at radius 2 is 1.58 bits per heavy atom. The lowest BCUT2D eigenvalue weighted by Gasteiger charge is -2.16. The van der Waals surface area contributed by atoms with Gasteiger partial charge in [0.15, 0.2) is 6.04 Å². The Kier molecular flexibility index (Phi) is 2.98. The minimum atomic E-state index is -0.447. The van der Waals surface area contributed by atoms with Gasteiger partial charge in [0.1, 0.15) is 6.34 Å². The molecule has 3 rings (SSSR count). The number of anilines is 1. The lowest BCUT2D eigenvalue weighted by molar-refractivity contribution is -0.126. The second-order valence-corrected chi connectivity index (χ2v) is 4.26. The van der Waals surface area contributed by atoms with Crippen molar-refractivity contribution in [1.29, 1.82) is 0 Å². The van der Waals surface area contributed by atoms with Crippen LogP contribution in [-0.2, 0) is 4.79 Å². The smallest absolute Gasteiger partial charge is 0.275 e. The number of carbonyl (C=O) groups excluding carboxylic acids is 1. The van der Waals surface area contributed by atoms with Crippen LogP contribution in [0.5, 0.6) is 0 Å². The standard InChI is InChI=1S/C15H13N3O/c19-15-14(12-7-3-1-4-8-12)16-11-18(15)17-13-9-5-2-6-10-13/h1-11,14,17H. The Bertz CT molecular complexity index is 595. The molecule has 0 radical (unpaired) electrons. The van der Waals surface area contributed by atoms with E-state index in [1.165, 1.54) is 11.3 Å². The molecule has 0 spiro atoms. The normalized spacial score (nSPS) is 17.8. The van der Waals surface area contributed by atoms with Crippen LogP contribution in [0.2, 0.25) is 0 Å². The molecule has 1 amide bonds. The molecule has 0 saturated carbocycles. The minimum Gasteiger partial charge on any atom is -0.290 e.